The molecule has 2 heterocycles. The molecule has 0 bridgehead atoms. The Bertz CT molecular complexity index is 226. The van der Waals surface area contributed by atoms with Gasteiger partial charge in [-0.2, -0.15) is 0 Å². The molecule has 86 valence electrons. The standard InChI is InChI=1S/C11H19NO3/c1-12-9(5-6-10(12)13)8-15-11-4-2-3-7-14-11/h9,11H,2-8H2,1H3. The van der Waals surface area contributed by atoms with Gasteiger partial charge in [0.25, 0.3) is 0 Å². The largest absolute Gasteiger partial charge is 0.353 e. The number of likely N-dealkylation sites (N-methyl/N-ethyl adjacent to an activating group) is 1. The van der Waals surface area contributed by atoms with Crippen LogP contribution in [-0.4, -0.2) is 43.4 Å². The molecule has 2 atom stereocenters. The molecule has 2 rings (SSSR count). The van der Waals surface area contributed by atoms with Gasteiger partial charge in [-0.3, -0.25) is 4.79 Å². The van der Waals surface area contributed by atoms with Crippen LogP contribution in [0, 0.1) is 0 Å². The predicted octanol–water partition coefficient (Wildman–Crippen LogP) is 1.15. The van der Waals surface area contributed by atoms with Crippen LogP contribution in [0.15, 0.2) is 0 Å². The van der Waals surface area contributed by atoms with Gasteiger partial charge in [0.05, 0.1) is 12.6 Å². The van der Waals surface area contributed by atoms with Crippen LogP contribution >= 0.6 is 0 Å². The molecule has 0 saturated carbocycles. The Hall–Kier alpha value is -0.610. The Balaban J connectivity index is 1.71. The van der Waals surface area contributed by atoms with Crippen molar-refractivity contribution in [3.8, 4) is 0 Å². The zero-order valence-corrected chi connectivity index (χ0v) is 9.28. The van der Waals surface area contributed by atoms with Gasteiger partial charge in [-0.05, 0) is 25.7 Å². The third-order valence-electron chi connectivity index (χ3n) is 3.24. The maximum absolute atomic E-state index is 11.3. The molecular formula is C11H19NO3. The lowest BCUT2D eigenvalue weighted by Crippen LogP contribution is -2.35. The summed E-state index contributed by atoms with van der Waals surface area (Å²) in [6, 6.07) is 0.253. The predicted molar refractivity (Wildman–Crippen MR) is 55.3 cm³/mol. The fraction of sp³-hybridized carbons (Fsp3) is 0.909. The third-order valence-corrected chi connectivity index (χ3v) is 3.24. The number of hydrogen-bond donors (Lipinski definition) is 0. The van der Waals surface area contributed by atoms with Gasteiger partial charge in [-0.25, -0.2) is 0 Å². The minimum absolute atomic E-state index is 0.0390. The lowest BCUT2D eigenvalue weighted by molar-refractivity contribution is -0.169. The summed E-state index contributed by atoms with van der Waals surface area (Å²) >= 11 is 0. The van der Waals surface area contributed by atoms with Crippen LogP contribution in [0.5, 0.6) is 0 Å². The zero-order valence-electron chi connectivity index (χ0n) is 9.28. The SMILES string of the molecule is CN1C(=O)CCC1COC1CCCCO1. The zero-order chi connectivity index (χ0) is 10.7. The highest BCUT2D eigenvalue weighted by Gasteiger charge is 2.28. The number of carbonyl (C=O) groups is 1. The lowest BCUT2D eigenvalue weighted by Gasteiger charge is -2.26. The van der Waals surface area contributed by atoms with Crippen molar-refractivity contribution in [1.82, 2.24) is 4.90 Å². The van der Waals surface area contributed by atoms with E-state index in [1.807, 2.05) is 7.05 Å². The molecule has 4 heteroatoms. The minimum Gasteiger partial charge on any atom is -0.353 e. The first kappa shape index (κ1) is 10.9. The summed E-state index contributed by atoms with van der Waals surface area (Å²) in [7, 11) is 1.85. The molecule has 0 aromatic rings. The summed E-state index contributed by atoms with van der Waals surface area (Å²) in [4.78, 5) is 13.1. The first-order valence-electron chi connectivity index (χ1n) is 5.76. The molecular weight excluding hydrogens is 194 g/mol. The summed E-state index contributed by atoms with van der Waals surface area (Å²) in [6.45, 7) is 1.43. The van der Waals surface area contributed by atoms with Gasteiger partial charge in [0.15, 0.2) is 6.29 Å². The van der Waals surface area contributed by atoms with Gasteiger partial charge < -0.3 is 14.4 Å². The fourth-order valence-electron chi connectivity index (χ4n) is 2.12. The van der Waals surface area contributed by atoms with Crippen LogP contribution < -0.4 is 0 Å². The highest BCUT2D eigenvalue weighted by atomic mass is 16.7. The van der Waals surface area contributed by atoms with Crippen molar-refractivity contribution in [2.45, 2.75) is 44.4 Å². The molecule has 1 amide bonds. The van der Waals surface area contributed by atoms with E-state index in [1.54, 1.807) is 4.90 Å². The van der Waals surface area contributed by atoms with Gasteiger partial charge in [-0.1, -0.05) is 0 Å². The molecule has 2 unspecified atom stereocenters. The van der Waals surface area contributed by atoms with E-state index < -0.39 is 0 Å². The number of likely N-dealkylation sites (tertiary alicyclic amines) is 1. The Morgan fingerprint density at radius 2 is 2.33 bits per heavy atom. The number of hydrogen-bond acceptors (Lipinski definition) is 3. The number of rotatable bonds is 3. The Kier molecular flexibility index (Phi) is 3.59. The second-order valence-electron chi connectivity index (χ2n) is 4.33. The van der Waals surface area contributed by atoms with E-state index >= 15 is 0 Å². The Morgan fingerprint density at radius 3 is 2.93 bits per heavy atom. The highest BCUT2D eigenvalue weighted by Crippen LogP contribution is 2.19. The van der Waals surface area contributed by atoms with Crippen LogP contribution in [0.1, 0.15) is 32.1 Å². The average molecular weight is 213 g/mol. The van der Waals surface area contributed by atoms with Crippen LogP contribution in [0.3, 0.4) is 0 Å². The number of nitrogens with zero attached hydrogens (tertiary/aromatic N) is 1. The number of amides is 1. The molecule has 2 aliphatic heterocycles. The van der Waals surface area contributed by atoms with Crippen molar-refractivity contribution in [3.63, 3.8) is 0 Å². The molecule has 15 heavy (non-hydrogen) atoms. The smallest absolute Gasteiger partial charge is 0.222 e. The van der Waals surface area contributed by atoms with E-state index in [-0.39, 0.29) is 18.2 Å². The molecule has 4 nitrogen and oxygen atoms in total. The second-order valence-corrected chi connectivity index (χ2v) is 4.33. The minimum atomic E-state index is -0.0390. The topological polar surface area (TPSA) is 38.8 Å². The van der Waals surface area contributed by atoms with Gasteiger partial charge in [0, 0.05) is 20.1 Å². The Labute approximate surface area is 90.5 Å². The average Bonchev–Trinajstić information content (AvgIpc) is 2.59. The van der Waals surface area contributed by atoms with Crippen molar-refractivity contribution in [1.29, 1.82) is 0 Å². The van der Waals surface area contributed by atoms with Gasteiger partial charge in [-0.15, -0.1) is 0 Å². The van der Waals surface area contributed by atoms with Crippen molar-refractivity contribution < 1.29 is 14.3 Å². The molecule has 2 aliphatic rings. The first-order valence-corrected chi connectivity index (χ1v) is 5.76. The van der Waals surface area contributed by atoms with Crippen LogP contribution in [0.2, 0.25) is 0 Å². The van der Waals surface area contributed by atoms with Crippen LogP contribution in [-0.2, 0) is 14.3 Å². The summed E-state index contributed by atoms with van der Waals surface area (Å²) in [5.41, 5.74) is 0. The van der Waals surface area contributed by atoms with Crippen LogP contribution in [0.4, 0.5) is 0 Å². The van der Waals surface area contributed by atoms with E-state index in [2.05, 4.69) is 0 Å². The molecule has 0 aliphatic carbocycles. The van der Waals surface area contributed by atoms with E-state index in [0.29, 0.717) is 13.0 Å². The first-order chi connectivity index (χ1) is 7.27. The van der Waals surface area contributed by atoms with Crippen LogP contribution in [0.25, 0.3) is 0 Å². The summed E-state index contributed by atoms with van der Waals surface area (Å²) in [5.74, 6) is 0.230. The van der Waals surface area contributed by atoms with E-state index in [0.717, 1.165) is 25.9 Å². The van der Waals surface area contributed by atoms with Gasteiger partial charge in [0.1, 0.15) is 0 Å². The summed E-state index contributed by atoms with van der Waals surface area (Å²) in [6.07, 6.45) is 4.86. The number of carbonyl (C=O) groups excluding carboxylic acids is 1. The normalized spacial score (nSPS) is 32.3. The molecule has 2 saturated heterocycles. The van der Waals surface area contributed by atoms with E-state index in [1.165, 1.54) is 6.42 Å². The van der Waals surface area contributed by atoms with Gasteiger partial charge in [0.2, 0.25) is 5.91 Å². The fourth-order valence-corrected chi connectivity index (χ4v) is 2.12. The second kappa shape index (κ2) is 4.94. The molecule has 0 spiro atoms. The highest BCUT2D eigenvalue weighted by molar-refractivity contribution is 5.78. The summed E-state index contributed by atoms with van der Waals surface area (Å²) < 4.78 is 11.1. The maximum atomic E-state index is 11.3. The molecule has 0 N–H and O–H groups in total. The quantitative estimate of drug-likeness (QED) is 0.706. The van der Waals surface area contributed by atoms with Crippen molar-refractivity contribution in [3.05, 3.63) is 0 Å². The molecule has 0 radical (unpaired) electrons. The molecule has 2 fully saturated rings. The van der Waals surface area contributed by atoms with E-state index in [9.17, 15) is 4.79 Å². The monoisotopic (exact) mass is 213 g/mol. The van der Waals surface area contributed by atoms with Crippen molar-refractivity contribution in [2.75, 3.05) is 20.3 Å². The third kappa shape index (κ3) is 2.69. The van der Waals surface area contributed by atoms with Crippen molar-refractivity contribution >= 4 is 5.91 Å². The van der Waals surface area contributed by atoms with Crippen molar-refractivity contribution in [2.24, 2.45) is 0 Å². The number of ether oxygens (including phenoxy) is 2. The Morgan fingerprint density at radius 1 is 1.47 bits per heavy atom. The van der Waals surface area contributed by atoms with Gasteiger partial charge >= 0.3 is 0 Å². The summed E-state index contributed by atoms with van der Waals surface area (Å²) in [5, 5.41) is 0. The van der Waals surface area contributed by atoms with E-state index in [4.69, 9.17) is 9.47 Å². The maximum Gasteiger partial charge on any atom is 0.222 e. The molecule has 0 aromatic heterocycles. The molecule has 0 aromatic carbocycles. The lowest BCUT2D eigenvalue weighted by atomic mass is 10.2.